The molecule has 1 amide bonds. The van der Waals surface area contributed by atoms with Crippen molar-refractivity contribution in [3.8, 4) is 11.5 Å². The number of nitrogens with two attached hydrogens (primary N) is 1. The molecule has 2 heterocycles. The Balaban J connectivity index is 1.45. The number of rotatable bonds is 5. The molecule has 1 fully saturated rings. The van der Waals surface area contributed by atoms with E-state index in [1.807, 2.05) is 18.2 Å². The Labute approximate surface area is 157 Å². The zero-order valence-electron chi connectivity index (χ0n) is 14.9. The summed E-state index contributed by atoms with van der Waals surface area (Å²) in [6.45, 7) is 0.213. The number of nitrogens with zero attached hydrogens (tertiary/aromatic N) is 1. The van der Waals surface area contributed by atoms with Crippen LogP contribution >= 0.6 is 0 Å². The minimum atomic E-state index is -0.260. The molecule has 8 nitrogen and oxygen atoms in total. The van der Waals surface area contributed by atoms with E-state index in [2.05, 4.69) is 21.2 Å². The van der Waals surface area contributed by atoms with Crippen molar-refractivity contribution >= 4 is 17.4 Å². The van der Waals surface area contributed by atoms with Crippen molar-refractivity contribution < 1.29 is 14.3 Å². The summed E-state index contributed by atoms with van der Waals surface area (Å²) < 4.78 is 10.7. The molecule has 1 aliphatic heterocycles. The van der Waals surface area contributed by atoms with Crippen LogP contribution in [-0.4, -0.2) is 29.8 Å². The molecule has 2 aliphatic rings. The first-order chi connectivity index (χ1) is 13.2. The summed E-state index contributed by atoms with van der Waals surface area (Å²) in [4.78, 5) is 17.0. The minimum absolute atomic E-state index is 0.0548. The smallest absolute Gasteiger partial charge is 0.269 e. The Hall–Kier alpha value is -2.84. The molecule has 0 bridgehead atoms. The quantitative estimate of drug-likeness (QED) is 0.597. The molecule has 1 aliphatic carbocycles. The van der Waals surface area contributed by atoms with E-state index in [4.69, 9.17) is 15.2 Å². The Bertz CT molecular complexity index is 829. The fourth-order valence-electron chi connectivity index (χ4n) is 3.36. The standard InChI is InChI=1S/C19H23N5O3/c20-14-5-1-2-6-15(14)23-24-19(25)13-4-3-9-21-18(13)22-12-7-8-16-17(10-12)27-11-26-16/h3-4,7-10,14-15,23H,1-2,5-6,11,20H2,(H,21,22)(H,24,25)/t14-,15+/m0/s1. The number of fused-ring (bicyclic) bond motifs is 1. The molecule has 5 N–H and O–H groups in total. The van der Waals surface area contributed by atoms with Crippen LogP contribution in [0.25, 0.3) is 0 Å². The van der Waals surface area contributed by atoms with Gasteiger partial charge in [0.1, 0.15) is 5.82 Å². The molecule has 1 aromatic heterocycles. The second-order valence-electron chi connectivity index (χ2n) is 6.75. The first-order valence-corrected chi connectivity index (χ1v) is 9.14. The summed E-state index contributed by atoms with van der Waals surface area (Å²) in [7, 11) is 0. The summed E-state index contributed by atoms with van der Waals surface area (Å²) in [5.74, 6) is 1.56. The number of hydrogen-bond acceptors (Lipinski definition) is 7. The van der Waals surface area contributed by atoms with Gasteiger partial charge < -0.3 is 20.5 Å². The van der Waals surface area contributed by atoms with Gasteiger partial charge in [-0.1, -0.05) is 12.8 Å². The van der Waals surface area contributed by atoms with Crippen LogP contribution in [0.3, 0.4) is 0 Å². The molecule has 2 atom stereocenters. The first-order valence-electron chi connectivity index (χ1n) is 9.14. The van der Waals surface area contributed by atoms with E-state index >= 15 is 0 Å². The van der Waals surface area contributed by atoms with E-state index in [9.17, 15) is 4.79 Å². The number of carbonyl (C=O) groups excluding carboxylic acids is 1. The molecule has 0 unspecified atom stereocenters. The van der Waals surface area contributed by atoms with Crippen molar-refractivity contribution in [2.24, 2.45) is 5.73 Å². The van der Waals surface area contributed by atoms with Gasteiger partial charge in [-0.3, -0.25) is 10.2 Å². The fraction of sp³-hybridized carbons (Fsp3) is 0.368. The number of ether oxygens (including phenoxy) is 2. The van der Waals surface area contributed by atoms with Gasteiger partial charge in [-0.25, -0.2) is 10.4 Å². The number of carbonyl (C=O) groups is 1. The van der Waals surface area contributed by atoms with Gasteiger partial charge in [-0.2, -0.15) is 0 Å². The highest BCUT2D eigenvalue weighted by atomic mass is 16.7. The Morgan fingerprint density at radius 2 is 2.00 bits per heavy atom. The number of nitrogens with one attached hydrogen (secondary N) is 3. The maximum Gasteiger partial charge on any atom is 0.269 e. The largest absolute Gasteiger partial charge is 0.454 e. The zero-order chi connectivity index (χ0) is 18.6. The normalized spacial score (nSPS) is 20.9. The summed E-state index contributed by atoms with van der Waals surface area (Å²) in [5, 5.41) is 3.17. The van der Waals surface area contributed by atoms with E-state index < -0.39 is 0 Å². The van der Waals surface area contributed by atoms with Crippen molar-refractivity contribution in [3.63, 3.8) is 0 Å². The van der Waals surface area contributed by atoms with Gasteiger partial charge in [-0.15, -0.1) is 0 Å². The maximum absolute atomic E-state index is 12.7. The van der Waals surface area contributed by atoms with E-state index in [1.54, 1.807) is 18.3 Å². The van der Waals surface area contributed by atoms with Gasteiger partial charge in [0, 0.05) is 30.0 Å². The van der Waals surface area contributed by atoms with E-state index in [0.717, 1.165) is 31.4 Å². The minimum Gasteiger partial charge on any atom is -0.454 e. The number of pyridine rings is 1. The number of hydrazine groups is 1. The van der Waals surface area contributed by atoms with Crippen molar-refractivity contribution in [1.82, 2.24) is 15.8 Å². The fourth-order valence-corrected chi connectivity index (χ4v) is 3.36. The number of hydrogen-bond donors (Lipinski definition) is 4. The molecular formula is C19H23N5O3. The molecule has 2 aromatic rings. The van der Waals surface area contributed by atoms with Crippen molar-refractivity contribution in [1.29, 1.82) is 0 Å². The van der Waals surface area contributed by atoms with Crippen LogP contribution in [-0.2, 0) is 0 Å². The second kappa shape index (κ2) is 7.81. The highest BCUT2D eigenvalue weighted by molar-refractivity contribution is 5.99. The molecule has 8 heteroatoms. The molecule has 0 spiro atoms. The van der Waals surface area contributed by atoms with Crippen LogP contribution in [0.15, 0.2) is 36.5 Å². The Morgan fingerprint density at radius 3 is 2.89 bits per heavy atom. The summed E-state index contributed by atoms with van der Waals surface area (Å²) in [5.41, 5.74) is 13.2. The monoisotopic (exact) mass is 369 g/mol. The van der Waals surface area contributed by atoms with Crippen LogP contribution < -0.4 is 31.4 Å². The van der Waals surface area contributed by atoms with Crippen LogP contribution in [0.5, 0.6) is 11.5 Å². The topological polar surface area (TPSA) is 111 Å². The van der Waals surface area contributed by atoms with Gasteiger partial charge >= 0.3 is 0 Å². The summed E-state index contributed by atoms with van der Waals surface area (Å²) in [6, 6.07) is 9.08. The molecule has 1 saturated carbocycles. The lowest BCUT2D eigenvalue weighted by molar-refractivity contribution is 0.0917. The third-order valence-electron chi connectivity index (χ3n) is 4.88. The lowest BCUT2D eigenvalue weighted by atomic mass is 9.91. The average molecular weight is 369 g/mol. The first kappa shape index (κ1) is 17.6. The SMILES string of the molecule is N[C@H]1CCCC[C@H]1NNC(=O)c1cccnc1Nc1ccc2c(c1)OCO2. The third kappa shape index (κ3) is 3.96. The molecule has 0 radical (unpaired) electrons. The lowest BCUT2D eigenvalue weighted by Crippen LogP contribution is -2.53. The second-order valence-corrected chi connectivity index (χ2v) is 6.75. The predicted octanol–water partition coefficient (Wildman–Crippen LogP) is 2.06. The number of benzene rings is 1. The Kier molecular flexibility index (Phi) is 5.08. The molecule has 1 aromatic carbocycles. The van der Waals surface area contributed by atoms with Crippen LogP contribution in [0.2, 0.25) is 0 Å². The van der Waals surface area contributed by atoms with Crippen LogP contribution in [0, 0.1) is 0 Å². The van der Waals surface area contributed by atoms with E-state index in [1.165, 1.54) is 0 Å². The van der Waals surface area contributed by atoms with Crippen molar-refractivity contribution in [2.45, 2.75) is 37.8 Å². The molecule has 27 heavy (non-hydrogen) atoms. The van der Waals surface area contributed by atoms with Crippen LogP contribution in [0.4, 0.5) is 11.5 Å². The zero-order valence-corrected chi connectivity index (χ0v) is 14.9. The van der Waals surface area contributed by atoms with E-state index in [0.29, 0.717) is 22.9 Å². The molecule has 142 valence electrons. The van der Waals surface area contributed by atoms with Gasteiger partial charge in [-0.05, 0) is 37.1 Å². The maximum atomic E-state index is 12.7. The average Bonchev–Trinajstić information content (AvgIpc) is 3.15. The molecule has 0 saturated heterocycles. The van der Waals surface area contributed by atoms with Crippen molar-refractivity contribution in [3.05, 3.63) is 42.1 Å². The number of amides is 1. The highest BCUT2D eigenvalue weighted by Gasteiger charge is 2.23. The summed E-state index contributed by atoms with van der Waals surface area (Å²) in [6.07, 6.45) is 5.81. The van der Waals surface area contributed by atoms with Crippen molar-refractivity contribution in [2.75, 3.05) is 12.1 Å². The lowest BCUT2D eigenvalue weighted by Gasteiger charge is -2.29. The van der Waals surface area contributed by atoms with Gasteiger partial charge in [0.25, 0.3) is 5.91 Å². The van der Waals surface area contributed by atoms with Gasteiger partial charge in [0.15, 0.2) is 11.5 Å². The Morgan fingerprint density at radius 1 is 1.15 bits per heavy atom. The molecule has 4 rings (SSSR count). The number of anilines is 2. The predicted molar refractivity (Wildman–Crippen MR) is 101 cm³/mol. The third-order valence-corrected chi connectivity index (χ3v) is 4.88. The number of aromatic nitrogens is 1. The van der Waals surface area contributed by atoms with Crippen LogP contribution in [0.1, 0.15) is 36.0 Å². The van der Waals surface area contributed by atoms with Gasteiger partial charge in [0.05, 0.1) is 5.56 Å². The van der Waals surface area contributed by atoms with Gasteiger partial charge in [0.2, 0.25) is 6.79 Å². The van der Waals surface area contributed by atoms with E-state index in [-0.39, 0.29) is 24.8 Å². The highest BCUT2D eigenvalue weighted by Crippen LogP contribution is 2.35. The molecular weight excluding hydrogens is 346 g/mol. The summed E-state index contributed by atoms with van der Waals surface area (Å²) >= 11 is 0.